The van der Waals surface area contributed by atoms with Crippen LogP contribution < -0.4 is 4.90 Å². The van der Waals surface area contributed by atoms with Gasteiger partial charge in [-0.15, -0.1) is 0 Å². The summed E-state index contributed by atoms with van der Waals surface area (Å²) in [4.78, 5) is 2.17. The number of fused-ring (bicyclic) bond motifs is 1. The molecule has 0 saturated heterocycles. The average molecular weight is 414 g/mol. The summed E-state index contributed by atoms with van der Waals surface area (Å²) < 4.78 is 44.6. The lowest BCUT2D eigenvalue weighted by molar-refractivity contribution is 0.447. The molecule has 3 heterocycles. The number of halogens is 3. The lowest BCUT2D eigenvalue weighted by Gasteiger charge is -2.32. The van der Waals surface area contributed by atoms with E-state index in [1.165, 1.54) is 6.42 Å². The lowest BCUT2D eigenvalue weighted by atomic mass is 9.95. The van der Waals surface area contributed by atoms with Crippen LogP contribution in [0.5, 0.6) is 0 Å². The van der Waals surface area contributed by atoms with Gasteiger partial charge in [0.1, 0.15) is 0 Å². The molecule has 0 spiro atoms. The summed E-state index contributed by atoms with van der Waals surface area (Å²) >= 11 is 0. The lowest BCUT2D eigenvalue weighted by Crippen LogP contribution is -2.34. The molecule has 1 saturated carbocycles. The number of aryl methyl sites for hydroxylation is 2. The molecule has 1 fully saturated rings. The minimum absolute atomic E-state index is 0.0699. The Hall–Kier alpha value is -2.77. The van der Waals surface area contributed by atoms with Crippen LogP contribution in [0.15, 0.2) is 12.1 Å². The second-order valence-electron chi connectivity index (χ2n) is 8.49. The maximum absolute atomic E-state index is 13.8. The van der Waals surface area contributed by atoms with E-state index >= 15 is 0 Å². The van der Waals surface area contributed by atoms with Crippen LogP contribution in [0, 0.1) is 29.4 Å². The fourth-order valence-corrected chi connectivity index (χ4v) is 4.67. The third-order valence-corrected chi connectivity index (χ3v) is 6.47. The number of hydrogen-bond acceptors (Lipinski definition) is 3. The van der Waals surface area contributed by atoms with E-state index in [1.807, 2.05) is 18.7 Å². The molecule has 0 amide bonds. The average Bonchev–Trinajstić information content (AvgIpc) is 3.13. The Labute approximate surface area is 173 Å². The molecule has 3 atom stereocenters. The number of rotatable bonds is 3. The highest BCUT2D eigenvalue weighted by Gasteiger charge is 2.38. The molecule has 0 bridgehead atoms. The Balaban J connectivity index is 1.51. The maximum Gasteiger partial charge on any atom is 0.194 e. The van der Waals surface area contributed by atoms with Crippen LogP contribution in [0.3, 0.4) is 0 Å². The van der Waals surface area contributed by atoms with Crippen molar-refractivity contribution in [3.05, 3.63) is 52.6 Å². The predicted octanol–water partition coefficient (Wildman–Crippen LogP) is 4.29. The van der Waals surface area contributed by atoms with Crippen molar-refractivity contribution in [1.82, 2.24) is 19.6 Å². The first-order valence-corrected chi connectivity index (χ1v) is 10.2. The highest BCUT2D eigenvalue weighted by atomic mass is 19.2. The number of benzene rings is 1. The van der Waals surface area contributed by atoms with Crippen LogP contribution in [0.1, 0.15) is 49.2 Å². The summed E-state index contributed by atoms with van der Waals surface area (Å²) in [5.41, 5.74) is 3.81. The second-order valence-corrected chi connectivity index (χ2v) is 8.49. The molecule has 30 heavy (non-hydrogen) atoms. The van der Waals surface area contributed by atoms with Crippen LogP contribution in [0.2, 0.25) is 0 Å². The van der Waals surface area contributed by atoms with E-state index in [0.29, 0.717) is 30.5 Å². The molecule has 1 aromatic carbocycles. The molecule has 1 radical (unpaired) electrons. The fraction of sp³-hybridized carbons (Fsp3) is 0.455. The molecular formula is C22H23F3N5. The molecule has 1 aliphatic heterocycles. The number of aromatic nitrogens is 4. The first-order valence-electron chi connectivity index (χ1n) is 10.2. The molecule has 3 aromatic rings. The molecule has 2 aliphatic rings. The van der Waals surface area contributed by atoms with Crippen LogP contribution in [-0.2, 0) is 20.5 Å². The van der Waals surface area contributed by atoms with Crippen molar-refractivity contribution >= 4 is 5.82 Å². The highest BCUT2D eigenvalue weighted by molar-refractivity contribution is 5.67. The van der Waals surface area contributed by atoms with E-state index in [1.54, 1.807) is 11.7 Å². The standard InChI is InChI=1S/C22H23F3N5/c1-11-7-15(11)18-10-19(26-28(18)3)30-6-5-14-21(12(30)2)27-29(4)22(14)13-8-16(23)20(25)17(24)9-13/h8-9,11-12,15H,5-7H2,1-4H3/t11?,12-,15?/m0/s1. The summed E-state index contributed by atoms with van der Waals surface area (Å²) in [6.07, 6.45) is 1.81. The largest absolute Gasteiger partial charge is 0.346 e. The van der Waals surface area contributed by atoms with Gasteiger partial charge in [-0.05, 0) is 37.8 Å². The third-order valence-electron chi connectivity index (χ3n) is 6.47. The third kappa shape index (κ3) is 2.84. The van der Waals surface area contributed by atoms with E-state index in [-0.39, 0.29) is 11.6 Å². The topological polar surface area (TPSA) is 38.9 Å². The zero-order valence-corrected chi connectivity index (χ0v) is 17.4. The van der Waals surface area contributed by atoms with E-state index in [9.17, 15) is 13.2 Å². The summed E-state index contributed by atoms with van der Waals surface area (Å²) in [5.74, 6) is -1.86. The number of nitrogens with zero attached hydrogens (tertiary/aromatic N) is 5. The Bertz CT molecular complexity index is 1130. The van der Waals surface area contributed by atoms with Gasteiger partial charge in [-0.25, -0.2) is 13.2 Å². The Morgan fingerprint density at radius 1 is 1.03 bits per heavy atom. The maximum atomic E-state index is 13.8. The first-order chi connectivity index (χ1) is 14.3. The van der Waals surface area contributed by atoms with Crippen molar-refractivity contribution < 1.29 is 13.2 Å². The molecule has 5 nitrogen and oxygen atoms in total. The van der Waals surface area contributed by atoms with Crippen molar-refractivity contribution in [2.75, 3.05) is 11.4 Å². The summed E-state index contributed by atoms with van der Waals surface area (Å²) in [6.45, 7) is 4.96. The van der Waals surface area contributed by atoms with Gasteiger partial charge in [0.05, 0.1) is 29.2 Å². The molecule has 0 N–H and O–H groups in total. The van der Waals surface area contributed by atoms with Gasteiger partial charge >= 0.3 is 0 Å². The predicted molar refractivity (Wildman–Crippen MR) is 107 cm³/mol. The molecule has 5 rings (SSSR count). The fourth-order valence-electron chi connectivity index (χ4n) is 4.67. The molecular weight excluding hydrogens is 391 g/mol. The van der Waals surface area contributed by atoms with Crippen LogP contribution >= 0.6 is 0 Å². The van der Waals surface area contributed by atoms with E-state index < -0.39 is 17.5 Å². The Kier molecular flexibility index (Phi) is 4.24. The molecule has 8 heteroatoms. The minimum atomic E-state index is -1.46. The van der Waals surface area contributed by atoms with Crippen molar-refractivity contribution in [3.63, 3.8) is 0 Å². The van der Waals surface area contributed by atoms with Crippen LogP contribution in [0.25, 0.3) is 11.3 Å². The number of anilines is 1. The molecule has 1 aliphatic carbocycles. The summed E-state index contributed by atoms with van der Waals surface area (Å²) in [6, 6.07) is 5.47. The highest BCUT2D eigenvalue weighted by Crippen LogP contribution is 2.47. The van der Waals surface area contributed by atoms with E-state index in [2.05, 4.69) is 28.1 Å². The van der Waals surface area contributed by atoms with Gasteiger partial charge < -0.3 is 4.90 Å². The first kappa shape index (κ1) is 19.2. The van der Waals surface area contributed by atoms with Gasteiger partial charge in [0.15, 0.2) is 23.3 Å². The van der Waals surface area contributed by atoms with Gasteiger partial charge in [0.25, 0.3) is 0 Å². The van der Waals surface area contributed by atoms with Gasteiger partial charge in [0, 0.05) is 37.7 Å². The molecule has 157 valence electrons. The van der Waals surface area contributed by atoms with E-state index in [0.717, 1.165) is 34.9 Å². The second kappa shape index (κ2) is 6.62. The van der Waals surface area contributed by atoms with Crippen molar-refractivity contribution in [1.29, 1.82) is 0 Å². The zero-order valence-electron chi connectivity index (χ0n) is 17.4. The molecule has 2 unspecified atom stereocenters. The van der Waals surface area contributed by atoms with Crippen molar-refractivity contribution in [3.8, 4) is 11.3 Å². The smallest absolute Gasteiger partial charge is 0.194 e. The molecule has 2 aromatic heterocycles. The number of hydrogen-bond donors (Lipinski definition) is 0. The Morgan fingerprint density at radius 3 is 2.33 bits per heavy atom. The zero-order chi connectivity index (χ0) is 21.3. The minimum Gasteiger partial charge on any atom is -0.346 e. The summed E-state index contributed by atoms with van der Waals surface area (Å²) in [7, 11) is 3.69. The van der Waals surface area contributed by atoms with Gasteiger partial charge in [-0.2, -0.15) is 10.2 Å². The van der Waals surface area contributed by atoms with Gasteiger partial charge in [0.2, 0.25) is 0 Å². The van der Waals surface area contributed by atoms with Crippen molar-refractivity contribution in [2.45, 2.75) is 38.6 Å². The SMILES string of the molecule is CC1CC1c1[c]c(N2CCc3c(nn(C)c3-c3cc(F)c(F)c(F)c3)[C@@H]2C)nn1C. The van der Waals surface area contributed by atoms with Gasteiger partial charge in [-0.3, -0.25) is 9.36 Å². The quantitative estimate of drug-likeness (QED) is 0.601. The van der Waals surface area contributed by atoms with Gasteiger partial charge in [-0.1, -0.05) is 6.92 Å². The Morgan fingerprint density at radius 2 is 1.70 bits per heavy atom. The summed E-state index contributed by atoms with van der Waals surface area (Å²) in [5, 5.41) is 9.33. The normalized spacial score (nSPS) is 23.0. The van der Waals surface area contributed by atoms with Crippen molar-refractivity contribution in [2.24, 2.45) is 20.0 Å². The van der Waals surface area contributed by atoms with E-state index in [4.69, 9.17) is 0 Å². The monoisotopic (exact) mass is 414 g/mol. The van der Waals surface area contributed by atoms with Crippen LogP contribution in [0.4, 0.5) is 19.0 Å². The van der Waals surface area contributed by atoms with Crippen LogP contribution in [-0.4, -0.2) is 26.1 Å².